The Morgan fingerprint density at radius 2 is 1.89 bits per heavy atom. The number of rotatable bonds is 5. The smallest absolute Gasteiger partial charge is 0.127 e. The second-order valence-electron chi connectivity index (χ2n) is 4.30. The first kappa shape index (κ1) is 13.6. The second-order valence-corrected chi connectivity index (χ2v) is 4.30. The van der Waals surface area contributed by atoms with Gasteiger partial charge in [-0.25, -0.2) is 4.39 Å². The molecular formula is C16H18FNO. The molecule has 0 spiro atoms. The Bertz CT molecular complexity index is 554. The zero-order valence-corrected chi connectivity index (χ0v) is 11.2. The minimum absolute atomic E-state index is 0.181. The van der Waals surface area contributed by atoms with E-state index in [0.717, 1.165) is 16.9 Å². The minimum Gasteiger partial charge on any atom is -0.494 e. The van der Waals surface area contributed by atoms with Crippen molar-refractivity contribution in [2.75, 3.05) is 13.7 Å². The first-order chi connectivity index (χ1) is 9.24. The lowest BCUT2D eigenvalue weighted by Gasteiger charge is -2.09. The van der Waals surface area contributed by atoms with Crippen LogP contribution < -0.4 is 10.1 Å². The van der Waals surface area contributed by atoms with Crippen molar-refractivity contribution in [2.45, 2.75) is 13.5 Å². The molecule has 0 aliphatic carbocycles. The molecule has 0 unspecified atom stereocenters. The lowest BCUT2D eigenvalue weighted by molar-refractivity contribution is 0.340. The predicted molar refractivity (Wildman–Crippen MR) is 75.8 cm³/mol. The van der Waals surface area contributed by atoms with Gasteiger partial charge in [-0.3, -0.25) is 0 Å². The van der Waals surface area contributed by atoms with E-state index in [1.807, 2.05) is 44.3 Å². The fraction of sp³-hybridized carbons (Fsp3) is 0.250. The van der Waals surface area contributed by atoms with Crippen LogP contribution in [0.4, 0.5) is 4.39 Å². The molecule has 0 aromatic heterocycles. The molecule has 0 radical (unpaired) electrons. The third-order valence-corrected chi connectivity index (χ3v) is 2.89. The Kier molecular flexibility index (Phi) is 4.53. The SMILES string of the molecule is CCOc1cccc(-c2ccc(F)c(CNC)c2)c1. The molecule has 2 nitrogen and oxygen atoms in total. The maximum atomic E-state index is 13.6. The standard InChI is InChI=1S/C16H18FNO/c1-3-19-15-6-4-5-12(10-15)13-7-8-16(17)14(9-13)11-18-2/h4-10,18H,3,11H2,1-2H3. The number of halogens is 1. The largest absolute Gasteiger partial charge is 0.494 e. The summed E-state index contributed by atoms with van der Waals surface area (Å²) < 4.78 is 19.1. The summed E-state index contributed by atoms with van der Waals surface area (Å²) in [5.41, 5.74) is 2.69. The summed E-state index contributed by atoms with van der Waals surface area (Å²) >= 11 is 0. The van der Waals surface area contributed by atoms with Crippen molar-refractivity contribution in [3.63, 3.8) is 0 Å². The lowest BCUT2D eigenvalue weighted by Crippen LogP contribution is -2.07. The molecule has 2 rings (SSSR count). The van der Waals surface area contributed by atoms with Crippen LogP contribution in [-0.4, -0.2) is 13.7 Å². The van der Waals surface area contributed by atoms with E-state index >= 15 is 0 Å². The summed E-state index contributed by atoms with van der Waals surface area (Å²) in [5, 5.41) is 2.97. The van der Waals surface area contributed by atoms with Gasteiger partial charge in [0.1, 0.15) is 11.6 Å². The fourth-order valence-corrected chi connectivity index (χ4v) is 2.01. The highest BCUT2D eigenvalue weighted by Crippen LogP contribution is 2.25. The first-order valence-electron chi connectivity index (χ1n) is 6.41. The van der Waals surface area contributed by atoms with E-state index in [1.165, 1.54) is 6.07 Å². The molecule has 0 amide bonds. The molecule has 0 heterocycles. The Labute approximate surface area is 113 Å². The summed E-state index contributed by atoms with van der Waals surface area (Å²) in [6.45, 7) is 3.11. The van der Waals surface area contributed by atoms with Gasteiger partial charge in [0, 0.05) is 12.1 Å². The van der Waals surface area contributed by atoms with Crippen molar-refractivity contribution in [2.24, 2.45) is 0 Å². The number of hydrogen-bond acceptors (Lipinski definition) is 2. The van der Waals surface area contributed by atoms with Crippen molar-refractivity contribution in [3.05, 3.63) is 53.8 Å². The summed E-state index contributed by atoms with van der Waals surface area (Å²) in [5.74, 6) is 0.651. The predicted octanol–water partition coefficient (Wildman–Crippen LogP) is 3.61. The van der Waals surface area contributed by atoms with Crippen molar-refractivity contribution in [1.29, 1.82) is 0 Å². The van der Waals surface area contributed by atoms with Crippen LogP contribution in [-0.2, 0) is 6.54 Å². The van der Waals surface area contributed by atoms with Crippen molar-refractivity contribution >= 4 is 0 Å². The Hall–Kier alpha value is -1.87. The Morgan fingerprint density at radius 3 is 2.63 bits per heavy atom. The molecular weight excluding hydrogens is 241 g/mol. The molecule has 0 saturated heterocycles. The summed E-state index contributed by atoms with van der Waals surface area (Å²) in [6, 6.07) is 13.0. The molecule has 0 bridgehead atoms. The highest BCUT2D eigenvalue weighted by molar-refractivity contribution is 5.65. The molecule has 100 valence electrons. The molecule has 0 aliphatic heterocycles. The summed E-state index contributed by atoms with van der Waals surface area (Å²) in [4.78, 5) is 0. The first-order valence-corrected chi connectivity index (χ1v) is 6.41. The van der Waals surface area contributed by atoms with Crippen molar-refractivity contribution in [3.8, 4) is 16.9 Å². The van der Waals surface area contributed by atoms with E-state index in [9.17, 15) is 4.39 Å². The van der Waals surface area contributed by atoms with E-state index < -0.39 is 0 Å². The molecule has 2 aromatic carbocycles. The quantitative estimate of drug-likeness (QED) is 0.885. The molecule has 1 N–H and O–H groups in total. The van der Waals surface area contributed by atoms with Crippen molar-refractivity contribution < 1.29 is 9.13 Å². The van der Waals surface area contributed by atoms with Gasteiger partial charge < -0.3 is 10.1 Å². The number of hydrogen-bond donors (Lipinski definition) is 1. The maximum absolute atomic E-state index is 13.6. The maximum Gasteiger partial charge on any atom is 0.127 e. The van der Waals surface area contributed by atoms with Gasteiger partial charge in [0.25, 0.3) is 0 Å². The normalized spacial score (nSPS) is 10.5. The van der Waals surface area contributed by atoms with Gasteiger partial charge >= 0.3 is 0 Å². The van der Waals surface area contributed by atoms with Gasteiger partial charge in [-0.1, -0.05) is 18.2 Å². The van der Waals surface area contributed by atoms with E-state index in [2.05, 4.69) is 5.32 Å². The lowest BCUT2D eigenvalue weighted by atomic mass is 10.0. The Balaban J connectivity index is 2.35. The van der Waals surface area contributed by atoms with Crippen LogP contribution in [0.25, 0.3) is 11.1 Å². The van der Waals surface area contributed by atoms with Crippen LogP contribution in [0, 0.1) is 5.82 Å². The Morgan fingerprint density at radius 1 is 1.11 bits per heavy atom. The van der Waals surface area contributed by atoms with E-state index in [1.54, 1.807) is 6.07 Å². The van der Waals surface area contributed by atoms with Crippen LogP contribution in [0.5, 0.6) is 5.75 Å². The molecule has 3 heteroatoms. The molecule has 0 saturated carbocycles. The second kappa shape index (κ2) is 6.34. The highest BCUT2D eigenvalue weighted by atomic mass is 19.1. The van der Waals surface area contributed by atoms with Gasteiger partial charge in [-0.2, -0.15) is 0 Å². The van der Waals surface area contributed by atoms with Crippen LogP contribution in [0.3, 0.4) is 0 Å². The van der Waals surface area contributed by atoms with Gasteiger partial charge in [-0.05, 0) is 49.4 Å². The highest BCUT2D eigenvalue weighted by Gasteiger charge is 2.05. The van der Waals surface area contributed by atoms with Crippen LogP contribution in [0.1, 0.15) is 12.5 Å². The van der Waals surface area contributed by atoms with Gasteiger partial charge in [-0.15, -0.1) is 0 Å². The average molecular weight is 259 g/mol. The molecule has 2 aromatic rings. The number of nitrogens with one attached hydrogen (secondary N) is 1. The third kappa shape index (κ3) is 3.32. The fourth-order valence-electron chi connectivity index (χ4n) is 2.01. The zero-order valence-electron chi connectivity index (χ0n) is 11.2. The van der Waals surface area contributed by atoms with E-state index in [-0.39, 0.29) is 5.82 Å². The monoisotopic (exact) mass is 259 g/mol. The van der Waals surface area contributed by atoms with E-state index in [4.69, 9.17) is 4.74 Å². The average Bonchev–Trinajstić information content (AvgIpc) is 2.42. The topological polar surface area (TPSA) is 21.3 Å². The zero-order chi connectivity index (χ0) is 13.7. The number of benzene rings is 2. The van der Waals surface area contributed by atoms with Crippen molar-refractivity contribution in [1.82, 2.24) is 5.32 Å². The van der Waals surface area contributed by atoms with Gasteiger partial charge in [0.05, 0.1) is 6.61 Å². The third-order valence-electron chi connectivity index (χ3n) is 2.89. The summed E-state index contributed by atoms with van der Waals surface area (Å²) in [6.07, 6.45) is 0. The van der Waals surface area contributed by atoms with Crippen LogP contribution >= 0.6 is 0 Å². The summed E-state index contributed by atoms with van der Waals surface area (Å²) in [7, 11) is 1.81. The van der Waals surface area contributed by atoms with Crippen LogP contribution in [0.15, 0.2) is 42.5 Å². The van der Waals surface area contributed by atoms with Gasteiger partial charge in [0.2, 0.25) is 0 Å². The molecule has 0 aliphatic rings. The van der Waals surface area contributed by atoms with Gasteiger partial charge in [0.15, 0.2) is 0 Å². The number of ether oxygens (including phenoxy) is 1. The molecule has 19 heavy (non-hydrogen) atoms. The minimum atomic E-state index is -0.181. The molecule has 0 atom stereocenters. The molecule has 0 fully saturated rings. The van der Waals surface area contributed by atoms with Crippen LogP contribution in [0.2, 0.25) is 0 Å². The van der Waals surface area contributed by atoms with E-state index in [0.29, 0.717) is 18.7 Å².